The summed E-state index contributed by atoms with van der Waals surface area (Å²) in [6, 6.07) is 13.0. The highest BCUT2D eigenvalue weighted by molar-refractivity contribution is 7.91. The zero-order chi connectivity index (χ0) is 20.8. The number of amides is 1. The lowest BCUT2D eigenvalue weighted by Gasteiger charge is -2.43. The zero-order valence-electron chi connectivity index (χ0n) is 16.6. The van der Waals surface area contributed by atoms with E-state index in [9.17, 15) is 13.2 Å². The van der Waals surface area contributed by atoms with Gasteiger partial charge < -0.3 is 4.90 Å². The third-order valence-corrected chi connectivity index (χ3v) is 8.02. The average Bonchev–Trinajstić information content (AvgIpc) is 2.98. The van der Waals surface area contributed by atoms with Crippen molar-refractivity contribution in [1.82, 2.24) is 4.90 Å². The van der Waals surface area contributed by atoms with Crippen LogP contribution in [0.1, 0.15) is 16.7 Å². The van der Waals surface area contributed by atoms with Gasteiger partial charge in [-0.15, -0.1) is 0 Å². The lowest BCUT2D eigenvalue weighted by molar-refractivity contribution is -0.123. The van der Waals surface area contributed by atoms with Gasteiger partial charge in [0.15, 0.2) is 9.84 Å². The molecular weight excluding hydrogens is 408 g/mol. The fraction of sp³-hybridized carbons (Fsp3) is 0.409. The molecule has 0 aromatic heterocycles. The highest BCUT2D eigenvalue weighted by Crippen LogP contribution is 2.32. The molecule has 0 N–H and O–H groups in total. The first-order chi connectivity index (χ1) is 13.7. The Kier molecular flexibility index (Phi) is 5.44. The molecule has 29 heavy (non-hydrogen) atoms. The van der Waals surface area contributed by atoms with Crippen LogP contribution in [-0.2, 0) is 21.1 Å². The summed E-state index contributed by atoms with van der Waals surface area (Å²) in [5.41, 5.74) is 4.16. The van der Waals surface area contributed by atoms with Gasteiger partial charge in [-0.2, -0.15) is 0 Å². The van der Waals surface area contributed by atoms with Crippen molar-refractivity contribution in [3.63, 3.8) is 0 Å². The van der Waals surface area contributed by atoms with Crippen LogP contribution in [0, 0.1) is 13.8 Å². The van der Waals surface area contributed by atoms with Crippen molar-refractivity contribution < 1.29 is 13.2 Å². The number of carbonyl (C=O) groups excluding carboxylic acids is 1. The van der Waals surface area contributed by atoms with E-state index in [-0.39, 0.29) is 36.0 Å². The summed E-state index contributed by atoms with van der Waals surface area (Å²) < 4.78 is 25.0. The van der Waals surface area contributed by atoms with E-state index in [2.05, 4.69) is 0 Å². The third kappa shape index (κ3) is 4.20. The SMILES string of the molecule is Cc1ccc(N2C(=O)CN(CCc3ccc(Cl)cc3)[C@H]3CS(=O)(=O)C[C@H]32)cc1C. The minimum atomic E-state index is -3.19. The van der Waals surface area contributed by atoms with E-state index in [1.165, 1.54) is 0 Å². The molecule has 0 aliphatic carbocycles. The normalized spacial score (nSPS) is 24.0. The lowest BCUT2D eigenvalue weighted by Crippen LogP contribution is -2.62. The average molecular weight is 433 g/mol. The first kappa shape index (κ1) is 20.4. The number of rotatable bonds is 4. The van der Waals surface area contributed by atoms with Gasteiger partial charge in [-0.1, -0.05) is 29.8 Å². The van der Waals surface area contributed by atoms with Crippen LogP contribution in [0.15, 0.2) is 42.5 Å². The molecule has 2 aliphatic heterocycles. The first-order valence-electron chi connectivity index (χ1n) is 9.82. The Morgan fingerprint density at radius 3 is 2.38 bits per heavy atom. The van der Waals surface area contributed by atoms with E-state index in [1.807, 2.05) is 61.2 Å². The molecule has 2 aromatic rings. The topological polar surface area (TPSA) is 57.7 Å². The maximum atomic E-state index is 13.1. The number of anilines is 1. The molecule has 1 amide bonds. The highest BCUT2D eigenvalue weighted by Gasteiger charge is 2.49. The number of carbonyl (C=O) groups is 1. The number of sulfone groups is 1. The number of fused-ring (bicyclic) bond motifs is 1. The molecule has 2 atom stereocenters. The number of hydrogen-bond donors (Lipinski definition) is 0. The number of benzene rings is 2. The second kappa shape index (κ2) is 7.74. The molecule has 5 nitrogen and oxygen atoms in total. The Bertz CT molecular complexity index is 1040. The Hall–Kier alpha value is -1.89. The van der Waals surface area contributed by atoms with Gasteiger partial charge in [0.2, 0.25) is 5.91 Å². The fourth-order valence-corrected chi connectivity index (χ4v) is 6.44. The molecule has 2 fully saturated rings. The van der Waals surface area contributed by atoms with Crippen molar-refractivity contribution in [3.05, 3.63) is 64.2 Å². The summed E-state index contributed by atoms with van der Waals surface area (Å²) in [5, 5.41) is 0.688. The van der Waals surface area contributed by atoms with Crippen LogP contribution in [0.2, 0.25) is 5.02 Å². The van der Waals surface area contributed by atoms with Crippen LogP contribution in [0.4, 0.5) is 5.69 Å². The van der Waals surface area contributed by atoms with Gasteiger partial charge in [-0.25, -0.2) is 8.42 Å². The number of hydrogen-bond acceptors (Lipinski definition) is 4. The number of aryl methyl sites for hydroxylation is 2. The standard InChI is InChI=1S/C22H25ClN2O3S/c1-15-3-8-19(11-16(15)2)25-21-14-29(27,28)13-20(21)24(12-22(25)26)10-9-17-4-6-18(23)7-5-17/h3-8,11,20-21H,9-10,12-14H2,1-2H3/t20-,21+/m0/s1. The molecule has 4 rings (SSSR count). The van der Waals surface area contributed by atoms with Crippen molar-refractivity contribution in [3.8, 4) is 0 Å². The summed E-state index contributed by atoms with van der Waals surface area (Å²) in [5.74, 6) is 0.0865. The first-order valence-corrected chi connectivity index (χ1v) is 12.0. The van der Waals surface area contributed by atoms with Crippen molar-refractivity contribution >= 4 is 33.0 Å². The summed E-state index contributed by atoms with van der Waals surface area (Å²) in [4.78, 5) is 16.9. The summed E-state index contributed by atoms with van der Waals surface area (Å²) in [6.07, 6.45) is 0.747. The smallest absolute Gasteiger partial charge is 0.241 e. The van der Waals surface area contributed by atoms with E-state index in [0.717, 1.165) is 28.8 Å². The van der Waals surface area contributed by atoms with Gasteiger partial charge in [0.1, 0.15) is 0 Å². The lowest BCUT2D eigenvalue weighted by atomic mass is 10.0. The van der Waals surface area contributed by atoms with Gasteiger partial charge in [-0.05, 0) is 61.2 Å². The van der Waals surface area contributed by atoms with E-state index in [0.29, 0.717) is 11.6 Å². The molecule has 7 heteroatoms. The number of halogens is 1. The Morgan fingerprint density at radius 2 is 1.69 bits per heavy atom. The predicted octanol–water partition coefficient (Wildman–Crippen LogP) is 3.01. The minimum Gasteiger partial charge on any atom is -0.306 e. The van der Waals surface area contributed by atoms with Crippen molar-refractivity contribution in [2.45, 2.75) is 32.4 Å². The van der Waals surface area contributed by atoms with Crippen LogP contribution in [0.25, 0.3) is 0 Å². The number of piperazine rings is 1. The van der Waals surface area contributed by atoms with Gasteiger partial charge in [0.05, 0.1) is 24.1 Å². The van der Waals surface area contributed by atoms with Gasteiger partial charge in [0, 0.05) is 23.3 Å². The molecule has 0 saturated carbocycles. The maximum Gasteiger partial charge on any atom is 0.241 e. The van der Waals surface area contributed by atoms with Crippen LogP contribution < -0.4 is 4.90 Å². The van der Waals surface area contributed by atoms with E-state index in [4.69, 9.17) is 11.6 Å². The summed E-state index contributed by atoms with van der Waals surface area (Å²) in [7, 11) is -3.19. The second-order valence-corrected chi connectivity index (χ2v) is 10.7. The minimum absolute atomic E-state index is 0.0216. The fourth-order valence-electron chi connectivity index (χ4n) is 4.34. The number of nitrogens with zero attached hydrogens (tertiary/aromatic N) is 2. The van der Waals surface area contributed by atoms with Gasteiger partial charge in [-0.3, -0.25) is 9.69 Å². The maximum absolute atomic E-state index is 13.1. The molecule has 2 aliphatic rings. The second-order valence-electron chi connectivity index (χ2n) is 8.09. The zero-order valence-corrected chi connectivity index (χ0v) is 18.2. The quantitative estimate of drug-likeness (QED) is 0.745. The van der Waals surface area contributed by atoms with E-state index in [1.54, 1.807) is 4.90 Å². The Morgan fingerprint density at radius 1 is 1.00 bits per heavy atom. The molecule has 154 valence electrons. The highest BCUT2D eigenvalue weighted by atomic mass is 35.5. The van der Waals surface area contributed by atoms with Crippen LogP contribution >= 0.6 is 11.6 Å². The molecule has 2 saturated heterocycles. The van der Waals surface area contributed by atoms with Gasteiger partial charge >= 0.3 is 0 Å². The molecular formula is C22H25ClN2O3S. The van der Waals surface area contributed by atoms with E-state index < -0.39 is 9.84 Å². The predicted molar refractivity (Wildman–Crippen MR) is 116 cm³/mol. The summed E-state index contributed by atoms with van der Waals surface area (Å²) in [6.45, 7) is 4.91. The van der Waals surface area contributed by atoms with Crippen LogP contribution in [0.5, 0.6) is 0 Å². The molecule has 2 heterocycles. The van der Waals surface area contributed by atoms with Crippen molar-refractivity contribution in [1.29, 1.82) is 0 Å². The molecule has 2 aromatic carbocycles. The van der Waals surface area contributed by atoms with Crippen molar-refractivity contribution in [2.24, 2.45) is 0 Å². The third-order valence-electron chi connectivity index (χ3n) is 6.07. The van der Waals surface area contributed by atoms with E-state index >= 15 is 0 Å². The molecule has 0 spiro atoms. The van der Waals surface area contributed by atoms with Gasteiger partial charge in [0.25, 0.3) is 0 Å². The molecule has 0 unspecified atom stereocenters. The van der Waals surface area contributed by atoms with Crippen molar-refractivity contribution in [2.75, 3.05) is 29.5 Å². The largest absolute Gasteiger partial charge is 0.306 e. The van der Waals surface area contributed by atoms with Crippen LogP contribution in [-0.4, -0.2) is 55.9 Å². The Balaban J connectivity index is 1.59. The summed E-state index contributed by atoms with van der Waals surface area (Å²) >= 11 is 5.95. The Labute approximate surface area is 177 Å². The van der Waals surface area contributed by atoms with Crippen LogP contribution in [0.3, 0.4) is 0 Å². The molecule has 0 radical (unpaired) electrons. The molecule has 0 bridgehead atoms. The monoisotopic (exact) mass is 432 g/mol.